The van der Waals surface area contributed by atoms with Crippen LogP contribution < -0.4 is 0 Å². The van der Waals surface area contributed by atoms with Crippen LogP contribution in [0.1, 0.15) is 16.2 Å². The molecule has 3 aromatic rings. The van der Waals surface area contributed by atoms with E-state index in [9.17, 15) is 4.79 Å². The van der Waals surface area contributed by atoms with Crippen molar-refractivity contribution in [1.29, 1.82) is 0 Å². The predicted octanol–water partition coefficient (Wildman–Crippen LogP) is 3.93. The number of aromatic nitrogens is 1. The average molecular weight is 301 g/mol. The Labute approximate surface area is 124 Å². The summed E-state index contributed by atoms with van der Waals surface area (Å²) in [6.07, 6.45) is 0. The van der Waals surface area contributed by atoms with Crippen LogP contribution in [0.5, 0.6) is 0 Å². The molecule has 1 aromatic carbocycles. The van der Waals surface area contributed by atoms with Gasteiger partial charge in [-0.2, -0.15) is 0 Å². The molecule has 0 aliphatic carbocycles. The molecule has 3 rings (SSSR count). The highest BCUT2D eigenvalue weighted by Crippen LogP contribution is 2.27. The maximum Gasteiger partial charge on any atom is 0.371 e. The van der Waals surface area contributed by atoms with Gasteiger partial charge in [-0.1, -0.05) is 47.3 Å². The highest BCUT2D eigenvalue weighted by Gasteiger charge is 2.11. The molecule has 0 fully saturated rings. The molecule has 5 nitrogen and oxygen atoms in total. The number of carboxylic acids is 1. The molecule has 2 heterocycles. The molecule has 0 radical (unpaired) electrons. The first kappa shape index (κ1) is 13.5. The molecule has 0 unspecified atom stereocenters. The van der Waals surface area contributed by atoms with Crippen LogP contribution >= 0.6 is 11.8 Å². The third-order valence-corrected chi connectivity index (χ3v) is 3.72. The third kappa shape index (κ3) is 3.17. The van der Waals surface area contributed by atoms with E-state index < -0.39 is 5.97 Å². The van der Waals surface area contributed by atoms with Crippen molar-refractivity contribution in [3.05, 3.63) is 60.0 Å². The lowest BCUT2D eigenvalue weighted by molar-refractivity contribution is 0.0656. The molecule has 0 spiro atoms. The quantitative estimate of drug-likeness (QED) is 0.720. The van der Waals surface area contributed by atoms with Crippen molar-refractivity contribution in [2.24, 2.45) is 0 Å². The molecule has 0 aliphatic heterocycles. The van der Waals surface area contributed by atoms with E-state index in [1.807, 2.05) is 36.4 Å². The van der Waals surface area contributed by atoms with Crippen LogP contribution in [-0.2, 0) is 5.75 Å². The van der Waals surface area contributed by atoms with Gasteiger partial charge in [0, 0.05) is 17.4 Å². The van der Waals surface area contributed by atoms with Gasteiger partial charge in [0.15, 0.2) is 10.9 Å². The molecule has 1 N–H and O–H groups in total. The summed E-state index contributed by atoms with van der Waals surface area (Å²) in [5.74, 6) is 0.109. The van der Waals surface area contributed by atoms with E-state index in [0.717, 1.165) is 11.3 Å². The summed E-state index contributed by atoms with van der Waals surface area (Å²) in [6, 6.07) is 14.6. The molecule has 0 bridgehead atoms. The number of carboxylic acid groups (broad SMARTS) is 1. The van der Waals surface area contributed by atoms with Crippen LogP contribution in [0.4, 0.5) is 0 Å². The summed E-state index contributed by atoms with van der Waals surface area (Å²) in [5, 5.41) is 13.3. The molecular formula is C15H11NO4S. The molecule has 0 amide bonds. The van der Waals surface area contributed by atoms with Gasteiger partial charge in [0.2, 0.25) is 5.76 Å². The van der Waals surface area contributed by atoms with Gasteiger partial charge in [-0.15, -0.1) is 0 Å². The summed E-state index contributed by atoms with van der Waals surface area (Å²) in [6.45, 7) is 0. The monoisotopic (exact) mass is 301 g/mol. The van der Waals surface area contributed by atoms with Crippen molar-refractivity contribution in [1.82, 2.24) is 5.16 Å². The van der Waals surface area contributed by atoms with Crippen LogP contribution in [0.15, 0.2) is 62.6 Å². The van der Waals surface area contributed by atoms with Crippen LogP contribution in [-0.4, -0.2) is 16.2 Å². The summed E-state index contributed by atoms with van der Waals surface area (Å²) < 4.78 is 10.5. The minimum Gasteiger partial charge on any atom is -0.475 e. The van der Waals surface area contributed by atoms with Crippen molar-refractivity contribution in [3.8, 4) is 11.3 Å². The topological polar surface area (TPSA) is 76.5 Å². The largest absolute Gasteiger partial charge is 0.475 e. The Balaban J connectivity index is 1.66. The first-order chi connectivity index (χ1) is 10.2. The summed E-state index contributed by atoms with van der Waals surface area (Å²) in [5.41, 5.74) is 1.74. The minimum atomic E-state index is -1.07. The number of nitrogens with zero attached hydrogens (tertiary/aromatic N) is 1. The van der Waals surface area contributed by atoms with Crippen molar-refractivity contribution in [2.45, 2.75) is 10.8 Å². The smallest absolute Gasteiger partial charge is 0.371 e. The molecule has 0 saturated carbocycles. The fraction of sp³-hybridized carbons (Fsp3) is 0.0667. The Morgan fingerprint density at radius 1 is 1.19 bits per heavy atom. The Kier molecular flexibility index (Phi) is 3.79. The SMILES string of the molecule is O=C(O)c1ccc(SCc2cc(-c3ccccc3)on2)o1. The lowest BCUT2D eigenvalue weighted by atomic mass is 10.2. The number of rotatable bonds is 5. The second-order valence-electron chi connectivity index (χ2n) is 4.26. The van der Waals surface area contributed by atoms with Crippen LogP contribution in [0.2, 0.25) is 0 Å². The Bertz CT molecular complexity index is 748. The van der Waals surface area contributed by atoms with Crippen molar-refractivity contribution < 1.29 is 18.8 Å². The molecule has 0 aliphatic rings. The van der Waals surface area contributed by atoms with Gasteiger partial charge in [-0.05, 0) is 12.1 Å². The number of carbonyl (C=O) groups is 1. The van der Waals surface area contributed by atoms with Crippen LogP contribution in [0, 0.1) is 0 Å². The van der Waals surface area contributed by atoms with E-state index in [1.54, 1.807) is 6.07 Å². The molecule has 2 aromatic heterocycles. The first-order valence-corrected chi connectivity index (χ1v) is 7.18. The third-order valence-electron chi connectivity index (χ3n) is 2.77. The number of hydrogen-bond acceptors (Lipinski definition) is 5. The van der Waals surface area contributed by atoms with Gasteiger partial charge in [-0.25, -0.2) is 4.79 Å². The highest BCUT2D eigenvalue weighted by molar-refractivity contribution is 7.98. The molecular weight excluding hydrogens is 290 g/mol. The molecule has 106 valence electrons. The summed E-state index contributed by atoms with van der Waals surface area (Å²) in [7, 11) is 0. The van der Waals surface area contributed by atoms with Gasteiger partial charge in [-0.3, -0.25) is 0 Å². The van der Waals surface area contributed by atoms with Crippen LogP contribution in [0.3, 0.4) is 0 Å². The standard InChI is InChI=1S/C15H11NO4S/c17-15(18)12-6-7-14(19-12)21-9-11-8-13(20-16-11)10-4-2-1-3-5-10/h1-8H,9H2,(H,17,18). The fourth-order valence-electron chi connectivity index (χ4n) is 1.78. The highest BCUT2D eigenvalue weighted by atomic mass is 32.2. The van der Waals surface area contributed by atoms with Gasteiger partial charge in [0.1, 0.15) is 0 Å². The van der Waals surface area contributed by atoms with E-state index in [1.165, 1.54) is 17.8 Å². The summed E-state index contributed by atoms with van der Waals surface area (Å²) >= 11 is 1.37. The Hall–Kier alpha value is -2.47. The van der Waals surface area contributed by atoms with Gasteiger partial charge >= 0.3 is 5.97 Å². The zero-order valence-electron chi connectivity index (χ0n) is 10.9. The van der Waals surface area contributed by atoms with Gasteiger partial charge in [0.25, 0.3) is 0 Å². The molecule has 0 atom stereocenters. The second kappa shape index (κ2) is 5.88. The van der Waals surface area contributed by atoms with E-state index in [2.05, 4.69) is 5.16 Å². The lowest BCUT2D eigenvalue weighted by Gasteiger charge is -1.93. The van der Waals surface area contributed by atoms with E-state index in [4.69, 9.17) is 14.0 Å². The number of furan rings is 1. The fourth-order valence-corrected chi connectivity index (χ4v) is 2.52. The first-order valence-electron chi connectivity index (χ1n) is 6.19. The van der Waals surface area contributed by atoms with Crippen molar-refractivity contribution in [2.75, 3.05) is 0 Å². The zero-order valence-corrected chi connectivity index (χ0v) is 11.7. The normalized spacial score (nSPS) is 10.7. The second-order valence-corrected chi connectivity index (χ2v) is 5.24. The number of benzene rings is 1. The van der Waals surface area contributed by atoms with Crippen molar-refractivity contribution >= 4 is 17.7 Å². The molecule has 6 heteroatoms. The lowest BCUT2D eigenvalue weighted by Crippen LogP contribution is -1.91. The Morgan fingerprint density at radius 3 is 2.71 bits per heavy atom. The van der Waals surface area contributed by atoms with Crippen molar-refractivity contribution in [3.63, 3.8) is 0 Å². The van der Waals surface area contributed by atoms with E-state index in [-0.39, 0.29) is 5.76 Å². The van der Waals surface area contributed by atoms with Crippen LogP contribution in [0.25, 0.3) is 11.3 Å². The predicted molar refractivity (Wildman–Crippen MR) is 77.2 cm³/mol. The van der Waals surface area contributed by atoms with Gasteiger partial charge < -0.3 is 14.0 Å². The number of hydrogen-bond donors (Lipinski definition) is 1. The summed E-state index contributed by atoms with van der Waals surface area (Å²) in [4.78, 5) is 10.7. The maximum absolute atomic E-state index is 10.7. The Morgan fingerprint density at radius 2 is 2.00 bits per heavy atom. The zero-order chi connectivity index (χ0) is 14.7. The van der Waals surface area contributed by atoms with E-state index >= 15 is 0 Å². The van der Waals surface area contributed by atoms with Gasteiger partial charge in [0.05, 0.1) is 5.69 Å². The molecule has 21 heavy (non-hydrogen) atoms. The average Bonchev–Trinajstić information content (AvgIpc) is 3.15. The molecule has 0 saturated heterocycles. The number of thioether (sulfide) groups is 1. The van der Waals surface area contributed by atoms with E-state index in [0.29, 0.717) is 16.6 Å². The number of aromatic carboxylic acids is 1. The minimum absolute atomic E-state index is 0.0670. The maximum atomic E-state index is 10.7.